The lowest BCUT2D eigenvalue weighted by Gasteiger charge is -2.18. The first-order chi connectivity index (χ1) is 9.49. The van der Waals surface area contributed by atoms with Gasteiger partial charge in [-0.1, -0.05) is 0 Å². The van der Waals surface area contributed by atoms with Gasteiger partial charge in [-0.15, -0.1) is 0 Å². The number of carbonyl (C=O) groups excluding carboxylic acids is 1. The molecular weight excluding hydrogens is 280 g/mol. The summed E-state index contributed by atoms with van der Waals surface area (Å²) in [5.74, 6) is 1.18. The maximum atomic E-state index is 12.2. The summed E-state index contributed by atoms with van der Waals surface area (Å²) in [6, 6.07) is 4.67. The van der Waals surface area contributed by atoms with E-state index in [9.17, 15) is 13.2 Å². The average Bonchev–Trinajstić information content (AvgIpc) is 2.43. The number of rotatable bonds is 6. The Hall–Kier alpha value is -1.56. The van der Waals surface area contributed by atoms with Gasteiger partial charge in [0.15, 0.2) is 21.3 Å². The van der Waals surface area contributed by atoms with E-state index in [1.165, 1.54) is 19.1 Å². The van der Waals surface area contributed by atoms with E-state index in [2.05, 4.69) is 0 Å². The standard InChI is InChI=1S/C14H18O5S/c1-11(15)4-2-3-9-20(16,17)12-5-6-13-14(10-12)19-8-7-18-13/h5-6,10H,2-4,7-9H2,1H3. The highest BCUT2D eigenvalue weighted by molar-refractivity contribution is 7.91. The molecule has 0 radical (unpaired) electrons. The zero-order valence-corrected chi connectivity index (χ0v) is 12.2. The molecule has 110 valence electrons. The van der Waals surface area contributed by atoms with Crippen LogP contribution in [-0.2, 0) is 14.6 Å². The maximum absolute atomic E-state index is 12.2. The van der Waals surface area contributed by atoms with E-state index in [0.29, 0.717) is 44.0 Å². The summed E-state index contributed by atoms with van der Waals surface area (Å²) in [7, 11) is -3.34. The second kappa shape index (κ2) is 6.26. The zero-order valence-electron chi connectivity index (χ0n) is 11.4. The minimum Gasteiger partial charge on any atom is -0.486 e. The minimum atomic E-state index is -3.34. The zero-order chi connectivity index (χ0) is 14.6. The number of benzene rings is 1. The van der Waals surface area contributed by atoms with E-state index >= 15 is 0 Å². The van der Waals surface area contributed by atoms with Gasteiger partial charge >= 0.3 is 0 Å². The van der Waals surface area contributed by atoms with Gasteiger partial charge in [0.05, 0.1) is 10.6 Å². The van der Waals surface area contributed by atoms with Crippen molar-refractivity contribution < 1.29 is 22.7 Å². The van der Waals surface area contributed by atoms with Crippen LogP contribution in [0.15, 0.2) is 23.1 Å². The first-order valence-corrected chi connectivity index (χ1v) is 8.26. The van der Waals surface area contributed by atoms with Crippen LogP contribution in [-0.4, -0.2) is 33.2 Å². The maximum Gasteiger partial charge on any atom is 0.178 e. The Balaban J connectivity index is 2.03. The van der Waals surface area contributed by atoms with Crippen LogP contribution in [0.2, 0.25) is 0 Å². The molecule has 2 rings (SSSR count). The number of hydrogen-bond acceptors (Lipinski definition) is 5. The molecule has 0 saturated heterocycles. The van der Waals surface area contributed by atoms with Gasteiger partial charge in [-0.05, 0) is 31.9 Å². The molecule has 1 aromatic rings. The predicted octanol–water partition coefficient (Wildman–Crippen LogP) is 1.99. The van der Waals surface area contributed by atoms with E-state index in [4.69, 9.17) is 9.47 Å². The van der Waals surface area contributed by atoms with Crippen LogP contribution in [0, 0.1) is 0 Å². The Morgan fingerprint density at radius 2 is 1.85 bits per heavy atom. The highest BCUT2D eigenvalue weighted by Gasteiger charge is 2.19. The molecule has 0 fully saturated rings. The Morgan fingerprint density at radius 3 is 2.55 bits per heavy atom. The molecule has 0 aliphatic carbocycles. The molecule has 0 unspecified atom stereocenters. The smallest absolute Gasteiger partial charge is 0.178 e. The number of ketones is 1. The number of hydrogen-bond donors (Lipinski definition) is 0. The second-order valence-electron chi connectivity index (χ2n) is 4.78. The summed E-state index contributed by atoms with van der Waals surface area (Å²) in [6.07, 6.45) is 1.51. The quantitative estimate of drug-likeness (QED) is 0.751. The number of fused-ring (bicyclic) bond motifs is 1. The third-order valence-corrected chi connectivity index (χ3v) is 4.86. The average molecular weight is 298 g/mol. The van der Waals surface area contributed by atoms with Crippen LogP contribution < -0.4 is 9.47 Å². The van der Waals surface area contributed by atoms with Crippen molar-refractivity contribution in [3.05, 3.63) is 18.2 Å². The Bertz CT molecular complexity index is 592. The normalized spacial score (nSPS) is 14.1. The molecule has 1 aliphatic heterocycles. The van der Waals surface area contributed by atoms with Crippen LogP contribution in [0.5, 0.6) is 11.5 Å². The molecule has 6 heteroatoms. The molecule has 0 N–H and O–H groups in total. The van der Waals surface area contributed by atoms with Gasteiger partial charge in [-0.3, -0.25) is 0 Å². The van der Waals surface area contributed by atoms with Gasteiger partial charge < -0.3 is 14.3 Å². The SMILES string of the molecule is CC(=O)CCCCS(=O)(=O)c1ccc2c(c1)OCCO2. The molecule has 0 aromatic heterocycles. The molecule has 0 amide bonds. The third kappa shape index (κ3) is 3.72. The van der Waals surface area contributed by atoms with Crippen molar-refractivity contribution in [1.82, 2.24) is 0 Å². The molecule has 0 bridgehead atoms. The van der Waals surface area contributed by atoms with Crippen molar-refractivity contribution >= 4 is 15.6 Å². The number of carbonyl (C=O) groups is 1. The number of Topliss-reactive ketones (excluding diaryl/α,β-unsaturated/α-hetero) is 1. The van der Waals surface area contributed by atoms with Crippen molar-refractivity contribution in [1.29, 1.82) is 0 Å². The molecule has 0 atom stereocenters. The van der Waals surface area contributed by atoms with Crippen molar-refractivity contribution in [2.45, 2.75) is 31.1 Å². The lowest BCUT2D eigenvalue weighted by atomic mass is 10.2. The van der Waals surface area contributed by atoms with Crippen molar-refractivity contribution in [2.75, 3.05) is 19.0 Å². The topological polar surface area (TPSA) is 69.7 Å². The van der Waals surface area contributed by atoms with Crippen molar-refractivity contribution in [3.8, 4) is 11.5 Å². The summed E-state index contributed by atoms with van der Waals surface area (Å²) in [6.45, 7) is 2.41. The van der Waals surface area contributed by atoms with E-state index in [1.807, 2.05) is 0 Å². The Morgan fingerprint density at radius 1 is 1.15 bits per heavy atom. The highest BCUT2D eigenvalue weighted by atomic mass is 32.2. The van der Waals surface area contributed by atoms with Crippen molar-refractivity contribution in [2.24, 2.45) is 0 Å². The molecule has 1 aliphatic rings. The van der Waals surface area contributed by atoms with Crippen LogP contribution in [0.25, 0.3) is 0 Å². The first-order valence-electron chi connectivity index (χ1n) is 6.61. The molecule has 20 heavy (non-hydrogen) atoms. The van der Waals surface area contributed by atoms with Gasteiger partial charge in [-0.2, -0.15) is 0 Å². The van der Waals surface area contributed by atoms with Crippen LogP contribution >= 0.6 is 0 Å². The lowest BCUT2D eigenvalue weighted by Crippen LogP contribution is -2.16. The molecule has 5 nitrogen and oxygen atoms in total. The first kappa shape index (κ1) is 14.8. The van der Waals surface area contributed by atoms with E-state index in [-0.39, 0.29) is 16.4 Å². The fourth-order valence-corrected chi connectivity index (χ4v) is 3.38. The third-order valence-electron chi connectivity index (χ3n) is 3.06. The summed E-state index contributed by atoms with van der Waals surface area (Å²) >= 11 is 0. The van der Waals surface area contributed by atoms with E-state index < -0.39 is 9.84 Å². The summed E-state index contributed by atoms with van der Waals surface area (Å²) in [4.78, 5) is 11.1. The number of sulfone groups is 1. The molecule has 0 spiro atoms. The fourth-order valence-electron chi connectivity index (χ4n) is 2.00. The van der Waals surface area contributed by atoms with Crippen LogP contribution in [0.4, 0.5) is 0 Å². The molecule has 0 saturated carbocycles. The molecular formula is C14H18O5S. The highest BCUT2D eigenvalue weighted by Crippen LogP contribution is 2.32. The summed E-state index contributed by atoms with van der Waals surface area (Å²) < 4.78 is 35.1. The van der Waals surface area contributed by atoms with Crippen LogP contribution in [0.1, 0.15) is 26.2 Å². The Labute approximate surface area is 118 Å². The largest absolute Gasteiger partial charge is 0.486 e. The molecule has 1 aromatic carbocycles. The van der Waals surface area contributed by atoms with Crippen molar-refractivity contribution in [3.63, 3.8) is 0 Å². The van der Waals surface area contributed by atoms with Gasteiger partial charge in [-0.25, -0.2) is 8.42 Å². The Kier molecular flexibility index (Phi) is 4.65. The summed E-state index contributed by atoms with van der Waals surface area (Å²) in [5, 5.41) is 0. The van der Waals surface area contributed by atoms with Gasteiger partial charge in [0.25, 0.3) is 0 Å². The van der Waals surface area contributed by atoms with E-state index in [0.717, 1.165) is 0 Å². The van der Waals surface area contributed by atoms with Gasteiger partial charge in [0.1, 0.15) is 19.0 Å². The molecule has 1 heterocycles. The summed E-state index contributed by atoms with van der Waals surface area (Å²) in [5.41, 5.74) is 0. The van der Waals surface area contributed by atoms with Crippen LogP contribution in [0.3, 0.4) is 0 Å². The lowest BCUT2D eigenvalue weighted by molar-refractivity contribution is -0.117. The minimum absolute atomic E-state index is 0.0416. The van der Waals surface area contributed by atoms with Gasteiger partial charge in [0, 0.05) is 12.5 Å². The number of unbranched alkanes of at least 4 members (excludes halogenated alkanes) is 1. The predicted molar refractivity (Wildman–Crippen MR) is 74.0 cm³/mol. The number of ether oxygens (including phenoxy) is 2. The monoisotopic (exact) mass is 298 g/mol. The second-order valence-corrected chi connectivity index (χ2v) is 6.89. The van der Waals surface area contributed by atoms with E-state index in [1.54, 1.807) is 6.07 Å². The van der Waals surface area contributed by atoms with Gasteiger partial charge in [0.2, 0.25) is 0 Å². The fraction of sp³-hybridized carbons (Fsp3) is 0.500.